The van der Waals surface area contributed by atoms with Crippen LogP contribution in [0, 0.1) is 0 Å². The van der Waals surface area contributed by atoms with Crippen molar-refractivity contribution in [2.24, 2.45) is 0 Å². The fraction of sp³-hybridized carbons (Fsp3) is 0.714. The van der Waals surface area contributed by atoms with Crippen molar-refractivity contribution in [3.05, 3.63) is 11.0 Å². The summed E-state index contributed by atoms with van der Waals surface area (Å²) in [5.74, 6) is 1.26. The number of hydrogen-bond acceptors (Lipinski definition) is 1. The van der Waals surface area contributed by atoms with E-state index in [2.05, 4.69) is 26.8 Å². The van der Waals surface area contributed by atoms with Crippen molar-refractivity contribution in [3.8, 4) is 0 Å². The first-order valence-corrected chi connectivity index (χ1v) is 4.05. The second kappa shape index (κ2) is 5.23. The lowest BCUT2D eigenvalue weighted by atomic mass is 10.6. The van der Waals surface area contributed by atoms with E-state index in [1.807, 2.05) is 11.8 Å². The van der Waals surface area contributed by atoms with Gasteiger partial charge in [-0.05, 0) is 30.9 Å². The van der Waals surface area contributed by atoms with Gasteiger partial charge in [-0.25, -0.2) is 0 Å². The van der Waals surface area contributed by atoms with E-state index in [-0.39, 0.29) is 0 Å². The molecule has 0 aromatic heterocycles. The number of rotatable bonds is 3. The highest BCUT2D eigenvalue weighted by Gasteiger charge is 1.84. The van der Waals surface area contributed by atoms with E-state index in [1.54, 1.807) is 0 Å². The summed E-state index contributed by atoms with van der Waals surface area (Å²) in [6.07, 6.45) is 3.43. The van der Waals surface area contributed by atoms with Crippen LogP contribution in [0.5, 0.6) is 0 Å². The molecule has 0 saturated carbocycles. The molecule has 0 aliphatic rings. The summed E-state index contributed by atoms with van der Waals surface area (Å²) in [5, 5.41) is 0. The molecule has 0 amide bonds. The molecule has 0 aliphatic heterocycles. The van der Waals surface area contributed by atoms with Crippen molar-refractivity contribution < 1.29 is 0 Å². The first-order chi connectivity index (χ1) is 3.81. The molecule has 0 rings (SSSR count). The maximum Gasteiger partial charge on any atom is -0.00261 e. The van der Waals surface area contributed by atoms with Gasteiger partial charge in [0.1, 0.15) is 0 Å². The van der Waals surface area contributed by atoms with Gasteiger partial charge in [0, 0.05) is 0 Å². The minimum atomic E-state index is 1.26. The Morgan fingerprint density at radius 3 is 2.62 bits per heavy atom. The molecule has 8 heavy (non-hydrogen) atoms. The molecule has 0 fully saturated rings. The van der Waals surface area contributed by atoms with Crippen LogP contribution in [0.4, 0.5) is 0 Å². The lowest BCUT2D eigenvalue weighted by Crippen LogP contribution is -1.72. The van der Waals surface area contributed by atoms with Crippen LogP contribution in [0.25, 0.3) is 0 Å². The van der Waals surface area contributed by atoms with E-state index in [0.29, 0.717) is 0 Å². The number of thioether (sulfide) groups is 1. The van der Waals surface area contributed by atoms with Crippen LogP contribution in [0.3, 0.4) is 0 Å². The highest BCUT2D eigenvalue weighted by atomic mass is 32.2. The predicted molar refractivity (Wildman–Crippen MR) is 42.2 cm³/mol. The van der Waals surface area contributed by atoms with Crippen molar-refractivity contribution in [3.63, 3.8) is 0 Å². The van der Waals surface area contributed by atoms with Gasteiger partial charge in [0.25, 0.3) is 0 Å². The molecule has 0 spiro atoms. The number of hydrogen-bond donors (Lipinski definition) is 0. The lowest BCUT2D eigenvalue weighted by Gasteiger charge is -1.94. The Hall–Kier alpha value is 0.0900. The van der Waals surface area contributed by atoms with Crippen molar-refractivity contribution >= 4 is 11.8 Å². The quantitative estimate of drug-likeness (QED) is 0.566. The van der Waals surface area contributed by atoms with E-state index in [0.717, 1.165) is 0 Å². The van der Waals surface area contributed by atoms with Gasteiger partial charge in [0.2, 0.25) is 0 Å². The minimum Gasteiger partial charge on any atom is -0.131 e. The van der Waals surface area contributed by atoms with E-state index in [1.165, 1.54) is 17.1 Å². The second-order valence-electron chi connectivity index (χ2n) is 1.75. The zero-order valence-electron chi connectivity index (χ0n) is 5.90. The Balaban J connectivity index is 3.12. The standard InChI is InChI=1S/C7H14S/c1-4-6-8-7(3)5-2/h5H,4,6H2,1-3H3/b7-5-. The molecule has 0 atom stereocenters. The van der Waals surface area contributed by atoms with Crippen LogP contribution in [-0.4, -0.2) is 5.75 Å². The average molecular weight is 130 g/mol. The third-order valence-corrected chi connectivity index (χ3v) is 2.24. The second-order valence-corrected chi connectivity index (χ2v) is 3.09. The van der Waals surface area contributed by atoms with Crippen molar-refractivity contribution in [2.75, 3.05) is 5.75 Å². The van der Waals surface area contributed by atoms with Gasteiger partial charge in [-0.3, -0.25) is 0 Å². The molecule has 0 unspecified atom stereocenters. The molecule has 48 valence electrons. The summed E-state index contributed by atoms with van der Waals surface area (Å²) >= 11 is 1.94. The first kappa shape index (κ1) is 8.09. The molecule has 0 N–H and O–H groups in total. The fourth-order valence-electron chi connectivity index (χ4n) is 0.346. The van der Waals surface area contributed by atoms with Crippen LogP contribution in [0.2, 0.25) is 0 Å². The molecule has 0 aliphatic carbocycles. The first-order valence-electron chi connectivity index (χ1n) is 3.07. The maximum atomic E-state index is 2.20. The molecule has 0 radical (unpaired) electrons. The van der Waals surface area contributed by atoms with Crippen molar-refractivity contribution in [1.29, 1.82) is 0 Å². The van der Waals surface area contributed by atoms with E-state index < -0.39 is 0 Å². The summed E-state index contributed by atoms with van der Waals surface area (Å²) in [4.78, 5) is 1.44. The van der Waals surface area contributed by atoms with Gasteiger partial charge in [0.15, 0.2) is 0 Å². The van der Waals surface area contributed by atoms with Gasteiger partial charge in [-0.1, -0.05) is 13.0 Å². The van der Waals surface area contributed by atoms with Gasteiger partial charge in [-0.15, -0.1) is 11.8 Å². The fourth-order valence-corrected chi connectivity index (χ4v) is 1.04. The van der Waals surface area contributed by atoms with Crippen molar-refractivity contribution in [2.45, 2.75) is 27.2 Å². The number of allylic oxidation sites excluding steroid dienone is 2. The van der Waals surface area contributed by atoms with Crippen LogP contribution in [0.15, 0.2) is 11.0 Å². The summed E-state index contributed by atoms with van der Waals surface area (Å²) in [6.45, 7) is 6.44. The molecule has 0 saturated heterocycles. The zero-order valence-corrected chi connectivity index (χ0v) is 6.72. The SMILES string of the molecule is C/C=C(/C)SCCC. The van der Waals surface area contributed by atoms with Gasteiger partial charge in [0.05, 0.1) is 0 Å². The van der Waals surface area contributed by atoms with Gasteiger partial charge >= 0.3 is 0 Å². The van der Waals surface area contributed by atoms with Crippen LogP contribution >= 0.6 is 11.8 Å². The van der Waals surface area contributed by atoms with Crippen LogP contribution in [-0.2, 0) is 0 Å². The highest BCUT2D eigenvalue weighted by Crippen LogP contribution is 2.14. The normalized spacial score (nSPS) is 12.1. The molecule has 0 aromatic rings. The predicted octanol–water partition coefficient (Wildman–Crippen LogP) is 3.05. The minimum absolute atomic E-state index is 1.26. The van der Waals surface area contributed by atoms with E-state index in [4.69, 9.17) is 0 Å². The molecular formula is C7H14S. The monoisotopic (exact) mass is 130 g/mol. The Bertz CT molecular complexity index is 74.5. The molecule has 1 heteroatoms. The third kappa shape index (κ3) is 4.25. The Kier molecular flexibility index (Phi) is 5.29. The lowest BCUT2D eigenvalue weighted by molar-refractivity contribution is 1.11. The topological polar surface area (TPSA) is 0 Å². The Labute approximate surface area is 56.4 Å². The maximum absolute atomic E-state index is 2.20. The Morgan fingerprint density at radius 1 is 1.62 bits per heavy atom. The summed E-state index contributed by atoms with van der Waals surface area (Å²) < 4.78 is 0. The molecule has 0 nitrogen and oxygen atoms in total. The Morgan fingerprint density at radius 2 is 2.25 bits per heavy atom. The molecular weight excluding hydrogens is 116 g/mol. The summed E-state index contributed by atoms with van der Waals surface area (Å²) in [7, 11) is 0. The average Bonchev–Trinajstić information content (AvgIpc) is 1.83. The van der Waals surface area contributed by atoms with Crippen molar-refractivity contribution in [1.82, 2.24) is 0 Å². The summed E-state index contributed by atoms with van der Waals surface area (Å²) in [6, 6.07) is 0. The van der Waals surface area contributed by atoms with Gasteiger partial charge < -0.3 is 0 Å². The third-order valence-electron chi connectivity index (χ3n) is 0.940. The molecule has 0 bridgehead atoms. The van der Waals surface area contributed by atoms with Crippen LogP contribution < -0.4 is 0 Å². The summed E-state index contributed by atoms with van der Waals surface area (Å²) in [5.41, 5.74) is 0. The largest absolute Gasteiger partial charge is 0.131 e. The van der Waals surface area contributed by atoms with E-state index >= 15 is 0 Å². The van der Waals surface area contributed by atoms with Crippen LogP contribution in [0.1, 0.15) is 27.2 Å². The van der Waals surface area contributed by atoms with E-state index in [9.17, 15) is 0 Å². The zero-order chi connectivity index (χ0) is 6.41. The van der Waals surface area contributed by atoms with Gasteiger partial charge in [-0.2, -0.15) is 0 Å². The molecule has 0 heterocycles. The molecule has 0 aromatic carbocycles. The smallest absolute Gasteiger partial charge is 0.00261 e. The highest BCUT2D eigenvalue weighted by molar-refractivity contribution is 8.03.